The van der Waals surface area contributed by atoms with Crippen LogP contribution in [-0.4, -0.2) is 34.5 Å². The lowest BCUT2D eigenvalue weighted by atomic mass is 10.2. The van der Waals surface area contributed by atoms with Gasteiger partial charge in [-0.15, -0.1) is 0 Å². The van der Waals surface area contributed by atoms with Crippen molar-refractivity contribution in [2.45, 2.75) is 25.6 Å². The normalized spacial score (nSPS) is 13.7. The lowest BCUT2D eigenvalue weighted by Crippen LogP contribution is -2.23. The summed E-state index contributed by atoms with van der Waals surface area (Å²) in [6.07, 6.45) is 8.61. The van der Waals surface area contributed by atoms with E-state index in [0.717, 1.165) is 12.2 Å². The Labute approximate surface area is 132 Å². The molecule has 3 aromatic rings. The van der Waals surface area contributed by atoms with Crippen molar-refractivity contribution in [1.29, 1.82) is 0 Å². The lowest BCUT2D eigenvalue weighted by molar-refractivity contribution is 0.363. The van der Waals surface area contributed by atoms with Crippen LogP contribution in [0, 0.1) is 0 Å². The molecule has 0 fully saturated rings. The maximum absolute atomic E-state index is 5.86. The van der Waals surface area contributed by atoms with E-state index < -0.39 is 0 Å². The van der Waals surface area contributed by atoms with Crippen LogP contribution in [0.15, 0.2) is 43.6 Å². The summed E-state index contributed by atoms with van der Waals surface area (Å²) in [6.45, 7) is 2.07. The van der Waals surface area contributed by atoms with Crippen molar-refractivity contribution >= 4 is 17.4 Å². The fourth-order valence-corrected chi connectivity index (χ4v) is 2.23. The average molecular weight is 319 g/mol. The standard InChI is InChI=1S/C13H15ClN8/c1-10(21-8-15-6-18-21)4-13(22-9-16-7-19-22)20-12-3-2-11(14)5-17-12/h2-3,5-10,13H,4H2,1H3,(H,17,20)/t10-,13+/m1/s1. The number of aromatic nitrogens is 7. The summed E-state index contributed by atoms with van der Waals surface area (Å²) in [7, 11) is 0. The highest BCUT2D eigenvalue weighted by atomic mass is 35.5. The van der Waals surface area contributed by atoms with E-state index in [-0.39, 0.29) is 12.2 Å². The Hall–Kier alpha value is -2.48. The molecule has 8 nitrogen and oxygen atoms in total. The molecule has 9 heteroatoms. The molecule has 3 aromatic heterocycles. The van der Waals surface area contributed by atoms with E-state index in [1.54, 1.807) is 34.3 Å². The van der Waals surface area contributed by atoms with Gasteiger partial charge in [-0.1, -0.05) is 11.6 Å². The number of halogens is 1. The summed E-state index contributed by atoms with van der Waals surface area (Å²) >= 11 is 5.86. The third-order valence-electron chi connectivity index (χ3n) is 3.25. The van der Waals surface area contributed by atoms with Gasteiger partial charge in [0.1, 0.15) is 37.3 Å². The van der Waals surface area contributed by atoms with E-state index in [4.69, 9.17) is 11.6 Å². The number of hydrogen-bond donors (Lipinski definition) is 1. The molecule has 0 bridgehead atoms. The van der Waals surface area contributed by atoms with E-state index in [1.165, 1.54) is 12.7 Å². The second-order valence-electron chi connectivity index (χ2n) is 4.86. The Bertz CT molecular complexity index is 679. The molecule has 0 radical (unpaired) electrons. The zero-order chi connectivity index (χ0) is 15.4. The summed E-state index contributed by atoms with van der Waals surface area (Å²) in [5, 5.41) is 12.3. The minimum absolute atomic E-state index is 0.115. The van der Waals surface area contributed by atoms with Gasteiger partial charge in [0.25, 0.3) is 0 Å². The molecule has 3 heterocycles. The van der Waals surface area contributed by atoms with Gasteiger partial charge in [0.05, 0.1) is 11.1 Å². The molecule has 0 aliphatic rings. The second kappa shape index (κ2) is 6.52. The van der Waals surface area contributed by atoms with Crippen LogP contribution in [0.25, 0.3) is 0 Å². The Morgan fingerprint density at radius 3 is 2.45 bits per heavy atom. The zero-order valence-electron chi connectivity index (χ0n) is 11.9. The quantitative estimate of drug-likeness (QED) is 0.749. The summed E-state index contributed by atoms with van der Waals surface area (Å²) in [4.78, 5) is 12.2. The third-order valence-corrected chi connectivity index (χ3v) is 3.47. The SMILES string of the molecule is C[C@H](C[C@@H](Nc1ccc(Cl)cn1)n1cncn1)n1cncn1. The molecular weight excluding hydrogens is 304 g/mol. The minimum Gasteiger partial charge on any atom is -0.348 e. The smallest absolute Gasteiger partial charge is 0.137 e. The fraction of sp³-hybridized carbons (Fsp3) is 0.308. The molecule has 1 N–H and O–H groups in total. The molecule has 0 aliphatic heterocycles. The molecule has 22 heavy (non-hydrogen) atoms. The first kappa shape index (κ1) is 14.5. The molecule has 0 aliphatic carbocycles. The number of rotatable bonds is 6. The molecule has 0 amide bonds. The Balaban J connectivity index is 1.77. The highest BCUT2D eigenvalue weighted by Crippen LogP contribution is 2.22. The molecule has 3 rings (SSSR count). The van der Waals surface area contributed by atoms with Crippen LogP contribution >= 0.6 is 11.6 Å². The Kier molecular flexibility index (Phi) is 4.29. The van der Waals surface area contributed by atoms with Crippen LogP contribution in [0.3, 0.4) is 0 Å². The summed E-state index contributed by atoms with van der Waals surface area (Å²) in [5.74, 6) is 0.718. The lowest BCUT2D eigenvalue weighted by Gasteiger charge is -2.22. The van der Waals surface area contributed by atoms with Crippen molar-refractivity contribution in [3.63, 3.8) is 0 Å². The number of nitrogens with zero attached hydrogens (tertiary/aromatic N) is 7. The van der Waals surface area contributed by atoms with Crippen molar-refractivity contribution in [3.05, 3.63) is 48.7 Å². The topological polar surface area (TPSA) is 86.3 Å². The van der Waals surface area contributed by atoms with Crippen molar-refractivity contribution in [3.8, 4) is 0 Å². The van der Waals surface area contributed by atoms with Crippen molar-refractivity contribution < 1.29 is 0 Å². The maximum atomic E-state index is 5.86. The van der Waals surface area contributed by atoms with E-state index in [9.17, 15) is 0 Å². The second-order valence-corrected chi connectivity index (χ2v) is 5.29. The van der Waals surface area contributed by atoms with Gasteiger partial charge >= 0.3 is 0 Å². The van der Waals surface area contributed by atoms with Crippen molar-refractivity contribution in [2.24, 2.45) is 0 Å². The first-order valence-corrected chi connectivity index (χ1v) is 7.16. The number of hydrogen-bond acceptors (Lipinski definition) is 6. The summed E-state index contributed by atoms with van der Waals surface area (Å²) < 4.78 is 3.56. The monoisotopic (exact) mass is 318 g/mol. The van der Waals surface area contributed by atoms with E-state index in [2.05, 4.69) is 37.4 Å². The first-order valence-electron chi connectivity index (χ1n) is 6.78. The van der Waals surface area contributed by atoms with Gasteiger partial charge < -0.3 is 5.32 Å². The predicted octanol–water partition coefficient (Wildman–Crippen LogP) is 2.18. The highest BCUT2D eigenvalue weighted by Gasteiger charge is 2.17. The molecule has 2 atom stereocenters. The van der Waals surface area contributed by atoms with Gasteiger partial charge in [0.15, 0.2) is 0 Å². The third kappa shape index (κ3) is 3.40. The van der Waals surface area contributed by atoms with Crippen LogP contribution < -0.4 is 5.32 Å². The number of pyridine rings is 1. The molecule has 0 spiro atoms. The molecule has 0 saturated carbocycles. The van der Waals surface area contributed by atoms with Crippen LogP contribution in [0.4, 0.5) is 5.82 Å². The maximum Gasteiger partial charge on any atom is 0.137 e. The largest absolute Gasteiger partial charge is 0.348 e. The zero-order valence-corrected chi connectivity index (χ0v) is 12.7. The van der Waals surface area contributed by atoms with Gasteiger partial charge in [-0.05, 0) is 19.1 Å². The first-order chi connectivity index (χ1) is 10.7. The number of nitrogens with one attached hydrogen (secondary N) is 1. The Morgan fingerprint density at radius 2 is 1.86 bits per heavy atom. The minimum atomic E-state index is -0.115. The molecule has 0 saturated heterocycles. The van der Waals surface area contributed by atoms with Crippen LogP contribution in [-0.2, 0) is 0 Å². The van der Waals surface area contributed by atoms with E-state index in [0.29, 0.717) is 5.02 Å². The molecule has 0 aromatic carbocycles. The molecular formula is C13H15ClN8. The van der Waals surface area contributed by atoms with Gasteiger partial charge in [-0.25, -0.2) is 19.6 Å². The van der Waals surface area contributed by atoms with Crippen molar-refractivity contribution in [2.75, 3.05) is 5.32 Å². The van der Waals surface area contributed by atoms with E-state index >= 15 is 0 Å². The van der Waals surface area contributed by atoms with Crippen molar-refractivity contribution in [1.82, 2.24) is 34.5 Å². The van der Waals surface area contributed by atoms with Crippen LogP contribution in [0.5, 0.6) is 0 Å². The van der Waals surface area contributed by atoms with Gasteiger partial charge in [0.2, 0.25) is 0 Å². The average Bonchev–Trinajstić information content (AvgIpc) is 3.22. The van der Waals surface area contributed by atoms with Gasteiger partial charge in [-0.3, -0.25) is 4.68 Å². The van der Waals surface area contributed by atoms with Gasteiger partial charge in [0, 0.05) is 12.6 Å². The van der Waals surface area contributed by atoms with E-state index in [1.807, 2.05) is 6.07 Å². The summed E-state index contributed by atoms with van der Waals surface area (Å²) in [5.41, 5.74) is 0. The van der Waals surface area contributed by atoms with Crippen LogP contribution in [0.1, 0.15) is 25.6 Å². The molecule has 0 unspecified atom stereocenters. The highest BCUT2D eigenvalue weighted by molar-refractivity contribution is 6.30. The number of anilines is 1. The molecule has 114 valence electrons. The van der Waals surface area contributed by atoms with Crippen LogP contribution in [0.2, 0.25) is 5.02 Å². The predicted molar refractivity (Wildman–Crippen MR) is 81.3 cm³/mol. The van der Waals surface area contributed by atoms with Gasteiger partial charge in [-0.2, -0.15) is 10.2 Å². The summed E-state index contributed by atoms with van der Waals surface area (Å²) in [6, 6.07) is 3.75. The fourth-order valence-electron chi connectivity index (χ4n) is 2.12. The Morgan fingerprint density at radius 1 is 1.14 bits per heavy atom.